The van der Waals surface area contributed by atoms with Gasteiger partial charge in [-0.15, -0.1) is 0 Å². The molecule has 1 fully saturated rings. The molecule has 0 aromatic rings. The van der Waals surface area contributed by atoms with Gasteiger partial charge < -0.3 is 10.4 Å². The molecule has 2 N–H and O–H groups in total. The lowest BCUT2D eigenvalue weighted by molar-refractivity contribution is -0.138. The average Bonchev–Trinajstić information content (AvgIpc) is 2.59. The van der Waals surface area contributed by atoms with E-state index in [1.165, 1.54) is 96.3 Å². The van der Waals surface area contributed by atoms with Crippen LogP contribution in [0.5, 0.6) is 0 Å². The van der Waals surface area contributed by atoms with E-state index in [9.17, 15) is 9.59 Å². The highest BCUT2D eigenvalue weighted by molar-refractivity contribution is 5.80. The van der Waals surface area contributed by atoms with Gasteiger partial charge in [0.2, 0.25) is 5.91 Å². The van der Waals surface area contributed by atoms with Gasteiger partial charge in [-0.3, -0.25) is 9.59 Å². The highest BCUT2D eigenvalue weighted by Gasteiger charge is 2.11. The van der Waals surface area contributed by atoms with E-state index < -0.39 is 5.97 Å². The molecule has 25 heavy (non-hydrogen) atoms. The van der Waals surface area contributed by atoms with Gasteiger partial charge in [-0.25, -0.2) is 0 Å². The molecule has 146 valence electrons. The second-order valence-electron chi connectivity index (χ2n) is 7.74. The van der Waals surface area contributed by atoms with Crippen LogP contribution in [0, 0.1) is 5.92 Å². The summed E-state index contributed by atoms with van der Waals surface area (Å²) < 4.78 is 0. The number of nitrogens with one attached hydrogen (secondary N) is 1. The highest BCUT2D eigenvalue weighted by atomic mass is 16.4. The van der Waals surface area contributed by atoms with Crippen molar-refractivity contribution in [3.8, 4) is 0 Å². The number of carbonyl (C=O) groups is 2. The molecule has 0 aliphatic heterocycles. The number of carboxylic acids is 1. The molecular weight excluding hydrogens is 314 g/mol. The lowest BCUT2D eigenvalue weighted by Gasteiger charge is -2.18. The van der Waals surface area contributed by atoms with Crippen molar-refractivity contribution in [1.29, 1.82) is 0 Å². The summed E-state index contributed by atoms with van der Waals surface area (Å²) in [6.07, 6.45) is 20.0. The smallest absolute Gasteiger partial charge is 0.303 e. The van der Waals surface area contributed by atoms with E-state index in [0.717, 1.165) is 6.54 Å². The third-order valence-electron chi connectivity index (χ3n) is 5.38. The van der Waals surface area contributed by atoms with Crippen molar-refractivity contribution in [2.24, 2.45) is 5.92 Å². The zero-order chi connectivity index (χ0) is 18.2. The maximum Gasteiger partial charge on any atom is 0.303 e. The Morgan fingerprint density at radius 1 is 0.680 bits per heavy atom. The van der Waals surface area contributed by atoms with Crippen LogP contribution in [-0.4, -0.2) is 23.5 Å². The van der Waals surface area contributed by atoms with Gasteiger partial charge in [0, 0.05) is 13.0 Å². The van der Waals surface area contributed by atoms with Gasteiger partial charge in [0.1, 0.15) is 0 Å². The van der Waals surface area contributed by atoms with Crippen LogP contribution >= 0.6 is 0 Å². The van der Waals surface area contributed by atoms with Crippen molar-refractivity contribution in [2.45, 2.75) is 109 Å². The van der Waals surface area contributed by atoms with E-state index in [2.05, 4.69) is 5.32 Å². The Hall–Kier alpha value is -1.06. The van der Waals surface area contributed by atoms with Gasteiger partial charge in [-0.05, 0) is 18.8 Å². The van der Waals surface area contributed by atoms with Crippen molar-refractivity contribution in [3.05, 3.63) is 0 Å². The summed E-state index contributed by atoms with van der Waals surface area (Å²) in [5, 5.41) is 11.6. The minimum Gasteiger partial charge on any atom is -0.481 e. The first-order chi connectivity index (χ1) is 12.2. The summed E-state index contributed by atoms with van der Waals surface area (Å²) in [7, 11) is 0. The predicted molar refractivity (Wildman–Crippen MR) is 103 cm³/mol. The first kappa shape index (κ1) is 22.0. The van der Waals surface area contributed by atoms with Gasteiger partial charge in [0.05, 0.1) is 6.42 Å². The summed E-state index contributed by atoms with van der Waals surface area (Å²) in [5.74, 6) is -0.462. The van der Waals surface area contributed by atoms with Crippen molar-refractivity contribution < 1.29 is 14.7 Å². The monoisotopic (exact) mass is 353 g/mol. The maximum absolute atomic E-state index is 11.7. The molecule has 0 heterocycles. The van der Waals surface area contributed by atoms with Crippen LogP contribution in [0.3, 0.4) is 0 Å². The van der Waals surface area contributed by atoms with Gasteiger partial charge in [-0.1, -0.05) is 83.5 Å². The van der Waals surface area contributed by atoms with Gasteiger partial charge in [0.25, 0.3) is 0 Å². The van der Waals surface area contributed by atoms with E-state index in [0.29, 0.717) is 5.92 Å². The molecule has 1 rings (SSSR count). The number of carbonyl (C=O) groups excluding carboxylic acids is 1. The fraction of sp³-hybridized carbons (Fsp3) is 0.905. The SMILES string of the molecule is O=C(O)CCC(=O)NCC1CCCCCCCCCCCCCCC1. The number of hydrogen-bond acceptors (Lipinski definition) is 2. The van der Waals surface area contributed by atoms with E-state index in [4.69, 9.17) is 5.11 Å². The second-order valence-corrected chi connectivity index (χ2v) is 7.74. The summed E-state index contributed by atoms with van der Waals surface area (Å²) in [5.41, 5.74) is 0. The Balaban J connectivity index is 2.29. The summed E-state index contributed by atoms with van der Waals surface area (Å²) >= 11 is 0. The zero-order valence-corrected chi connectivity index (χ0v) is 16.1. The summed E-state index contributed by atoms with van der Waals surface area (Å²) in [4.78, 5) is 22.3. The molecule has 0 radical (unpaired) electrons. The molecule has 0 unspecified atom stereocenters. The molecular formula is C21H39NO3. The Bertz CT molecular complexity index is 341. The third kappa shape index (κ3) is 13.9. The zero-order valence-electron chi connectivity index (χ0n) is 16.1. The lowest BCUT2D eigenvalue weighted by Crippen LogP contribution is -2.29. The molecule has 0 bridgehead atoms. The molecule has 0 aromatic carbocycles. The molecule has 1 aliphatic carbocycles. The Morgan fingerprint density at radius 2 is 1.08 bits per heavy atom. The first-order valence-corrected chi connectivity index (χ1v) is 10.7. The number of carboxylic acid groups (broad SMARTS) is 1. The van der Waals surface area contributed by atoms with Crippen LogP contribution in [0.25, 0.3) is 0 Å². The fourth-order valence-corrected chi connectivity index (χ4v) is 3.73. The second kappa shape index (κ2) is 15.2. The van der Waals surface area contributed by atoms with E-state index in [1.54, 1.807) is 0 Å². The minimum absolute atomic E-state index is 0.0729. The van der Waals surface area contributed by atoms with E-state index in [1.807, 2.05) is 0 Å². The normalized spacial score (nSPS) is 20.0. The van der Waals surface area contributed by atoms with Crippen LogP contribution in [0.1, 0.15) is 109 Å². The van der Waals surface area contributed by atoms with Crippen molar-refractivity contribution in [3.63, 3.8) is 0 Å². The van der Waals surface area contributed by atoms with Crippen LogP contribution < -0.4 is 5.32 Å². The molecule has 4 nitrogen and oxygen atoms in total. The maximum atomic E-state index is 11.7. The van der Waals surface area contributed by atoms with Crippen molar-refractivity contribution in [1.82, 2.24) is 5.32 Å². The van der Waals surface area contributed by atoms with Gasteiger partial charge in [0.15, 0.2) is 0 Å². The van der Waals surface area contributed by atoms with Gasteiger partial charge >= 0.3 is 5.97 Å². The average molecular weight is 354 g/mol. The van der Waals surface area contributed by atoms with Crippen molar-refractivity contribution in [2.75, 3.05) is 6.54 Å². The topological polar surface area (TPSA) is 66.4 Å². The standard InChI is InChI=1S/C21H39NO3/c23-20(16-17-21(24)25)22-18-19-14-12-10-8-6-4-2-1-3-5-7-9-11-13-15-19/h19H,1-18H2,(H,22,23)(H,24,25). The van der Waals surface area contributed by atoms with Gasteiger partial charge in [-0.2, -0.15) is 0 Å². The molecule has 0 spiro atoms. The van der Waals surface area contributed by atoms with Crippen LogP contribution in [0.15, 0.2) is 0 Å². The van der Waals surface area contributed by atoms with E-state index >= 15 is 0 Å². The van der Waals surface area contributed by atoms with E-state index in [-0.39, 0.29) is 18.7 Å². The number of rotatable bonds is 5. The Morgan fingerprint density at radius 3 is 1.48 bits per heavy atom. The predicted octanol–water partition coefficient (Wildman–Crippen LogP) is 5.45. The van der Waals surface area contributed by atoms with Crippen LogP contribution in [-0.2, 0) is 9.59 Å². The molecule has 0 saturated heterocycles. The molecule has 0 aromatic heterocycles. The molecule has 1 saturated carbocycles. The third-order valence-corrected chi connectivity index (χ3v) is 5.38. The summed E-state index contributed by atoms with van der Waals surface area (Å²) in [6.45, 7) is 0.721. The fourth-order valence-electron chi connectivity index (χ4n) is 3.73. The summed E-state index contributed by atoms with van der Waals surface area (Å²) in [6, 6.07) is 0. The molecule has 0 atom stereocenters. The number of hydrogen-bond donors (Lipinski definition) is 2. The quantitative estimate of drug-likeness (QED) is 0.690. The van der Waals surface area contributed by atoms with Crippen molar-refractivity contribution >= 4 is 11.9 Å². The van der Waals surface area contributed by atoms with Crippen LogP contribution in [0.4, 0.5) is 0 Å². The highest BCUT2D eigenvalue weighted by Crippen LogP contribution is 2.20. The lowest BCUT2D eigenvalue weighted by atomic mass is 9.93. The molecule has 1 amide bonds. The molecule has 4 heteroatoms. The Labute approximate surface area is 154 Å². The minimum atomic E-state index is -0.903. The molecule has 1 aliphatic rings. The largest absolute Gasteiger partial charge is 0.481 e. The first-order valence-electron chi connectivity index (χ1n) is 10.7. The number of aliphatic carboxylic acids is 1. The van der Waals surface area contributed by atoms with Crippen LogP contribution in [0.2, 0.25) is 0 Å². The Kier molecular flexibility index (Phi) is 13.4. The number of amides is 1.